The zero-order valence-electron chi connectivity index (χ0n) is 12.9. The zero-order chi connectivity index (χ0) is 17.0. The number of hydrogen-bond acceptors (Lipinski definition) is 4. The fraction of sp³-hybridized carbons (Fsp3) is 0.176. The summed E-state index contributed by atoms with van der Waals surface area (Å²) in [5.41, 5.74) is 1.80. The molecule has 0 fully saturated rings. The molecule has 0 spiro atoms. The number of benzene rings is 1. The van der Waals surface area contributed by atoms with E-state index in [9.17, 15) is 13.2 Å². The number of hydrogen-bond donors (Lipinski definition) is 1. The highest BCUT2D eigenvalue weighted by molar-refractivity contribution is 7.91. The van der Waals surface area contributed by atoms with E-state index in [1.165, 1.54) is 12.1 Å². The highest BCUT2D eigenvalue weighted by Crippen LogP contribution is 2.12. The van der Waals surface area contributed by atoms with E-state index in [1.54, 1.807) is 28.9 Å². The van der Waals surface area contributed by atoms with E-state index in [2.05, 4.69) is 10.4 Å². The van der Waals surface area contributed by atoms with Crippen LogP contribution in [0, 0.1) is 0 Å². The van der Waals surface area contributed by atoms with Gasteiger partial charge in [0.25, 0.3) is 0 Å². The number of carbonyl (C=O) groups is 1. The van der Waals surface area contributed by atoms with Crippen molar-refractivity contribution < 1.29 is 13.2 Å². The fourth-order valence-corrected chi connectivity index (χ4v) is 3.64. The van der Waals surface area contributed by atoms with Crippen molar-refractivity contribution in [1.29, 1.82) is 0 Å². The largest absolute Gasteiger partial charge is 0.352 e. The third-order valence-electron chi connectivity index (χ3n) is 3.68. The van der Waals surface area contributed by atoms with Gasteiger partial charge in [-0.05, 0) is 24.3 Å². The Morgan fingerprint density at radius 2 is 1.83 bits per heavy atom. The summed E-state index contributed by atoms with van der Waals surface area (Å²) < 4.78 is 26.0. The van der Waals surface area contributed by atoms with Crippen LogP contribution in [-0.4, -0.2) is 29.7 Å². The first kappa shape index (κ1) is 16.2. The molecule has 24 heavy (non-hydrogen) atoms. The van der Waals surface area contributed by atoms with Crippen molar-refractivity contribution in [3.8, 4) is 0 Å². The number of aromatic nitrogens is 2. The van der Waals surface area contributed by atoms with E-state index in [-0.39, 0.29) is 23.0 Å². The SMILES string of the molecule is O=C(CCS(=O)(=O)c1ccccc1)NCc1cnn2ccccc12. The summed E-state index contributed by atoms with van der Waals surface area (Å²) in [7, 11) is -3.44. The molecule has 6 nitrogen and oxygen atoms in total. The molecule has 2 aromatic heterocycles. The first-order valence-corrected chi connectivity index (χ1v) is 9.17. The van der Waals surface area contributed by atoms with E-state index >= 15 is 0 Å². The fourth-order valence-electron chi connectivity index (χ4n) is 2.38. The first-order valence-electron chi connectivity index (χ1n) is 7.52. The van der Waals surface area contributed by atoms with Crippen LogP contribution in [0.2, 0.25) is 0 Å². The van der Waals surface area contributed by atoms with Crippen molar-refractivity contribution in [2.75, 3.05) is 5.75 Å². The average Bonchev–Trinajstić information content (AvgIpc) is 3.02. The van der Waals surface area contributed by atoms with Crippen LogP contribution >= 0.6 is 0 Å². The zero-order valence-corrected chi connectivity index (χ0v) is 13.7. The summed E-state index contributed by atoms with van der Waals surface area (Å²) in [5.74, 6) is -0.512. The molecule has 0 atom stereocenters. The number of pyridine rings is 1. The molecule has 0 aliphatic heterocycles. The minimum absolute atomic E-state index is 0.0730. The quantitative estimate of drug-likeness (QED) is 0.740. The normalized spacial score (nSPS) is 11.5. The van der Waals surface area contributed by atoms with Gasteiger partial charge in [0.1, 0.15) is 0 Å². The molecular formula is C17H17N3O3S. The Hall–Kier alpha value is -2.67. The Bertz CT molecular complexity index is 949. The smallest absolute Gasteiger partial charge is 0.221 e. The topological polar surface area (TPSA) is 80.5 Å². The van der Waals surface area contributed by atoms with Crippen LogP contribution < -0.4 is 5.32 Å². The Morgan fingerprint density at radius 1 is 1.08 bits per heavy atom. The lowest BCUT2D eigenvalue weighted by molar-refractivity contribution is -0.120. The Labute approximate surface area is 140 Å². The van der Waals surface area contributed by atoms with Gasteiger partial charge in [-0.1, -0.05) is 24.3 Å². The van der Waals surface area contributed by atoms with Crippen molar-refractivity contribution in [3.05, 3.63) is 66.5 Å². The maximum Gasteiger partial charge on any atom is 0.221 e. The molecule has 1 amide bonds. The highest BCUT2D eigenvalue weighted by atomic mass is 32.2. The maximum atomic E-state index is 12.2. The Balaban J connectivity index is 1.57. The van der Waals surface area contributed by atoms with E-state index in [1.807, 2.05) is 24.4 Å². The van der Waals surface area contributed by atoms with Gasteiger partial charge in [0.05, 0.1) is 22.4 Å². The molecule has 0 aliphatic carbocycles. The van der Waals surface area contributed by atoms with Crippen LogP contribution in [0.4, 0.5) is 0 Å². The van der Waals surface area contributed by atoms with E-state index in [4.69, 9.17) is 0 Å². The molecule has 0 aliphatic rings. The minimum Gasteiger partial charge on any atom is -0.352 e. The Kier molecular flexibility index (Phi) is 4.61. The molecule has 0 saturated heterocycles. The van der Waals surface area contributed by atoms with Gasteiger partial charge in [-0.3, -0.25) is 4.79 Å². The van der Waals surface area contributed by atoms with Crippen molar-refractivity contribution in [2.24, 2.45) is 0 Å². The minimum atomic E-state index is -3.44. The van der Waals surface area contributed by atoms with Gasteiger partial charge in [-0.2, -0.15) is 5.10 Å². The second-order valence-electron chi connectivity index (χ2n) is 5.36. The van der Waals surface area contributed by atoms with Gasteiger partial charge >= 0.3 is 0 Å². The van der Waals surface area contributed by atoms with Gasteiger partial charge in [0.2, 0.25) is 5.91 Å². The van der Waals surface area contributed by atoms with Crippen molar-refractivity contribution >= 4 is 21.3 Å². The lowest BCUT2D eigenvalue weighted by Gasteiger charge is -2.06. The van der Waals surface area contributed by atoms with Crippen molar-refractivity contribution in [2.45, 2.75) is 17.9 Å². The number of nitrogens with zero attached hydrogens (tertiary/aromatic N) is 2. The van der Waals surface area contributed by atoms with Crippen LogP contribution in [0.3, 0.4) is 0 Å². The summed E-state index contributed by atoms with van der Waals surface area (Å²) in [6.07, 6.45) is 3.44. The molecule has 1 aromatic carbocycles. The van der Waals surface area contributed by atoms with Crippen molar-refractivity contribution in [3.63, 3.8) is 0 Å². The molecule has 0 unspecified atom stereocenters. The molecule has 0 bridgehead atoms. The van der Waals surface area contributed by atoms with Crippen LogP contribution in [-0.2, 0) is 21.2 Å². The summed E-state index contributed by atoms with van der Waals surface area (Å²) in [6, 6.07) is 13.8. The standard InChI is InChI=1S/C17H17N3O3S/c21-17(9-11-24(22,23)15-6-2-1-3-7-15)18-12-14-13-19-20-10-5-4-8-16(14)20/h1-8,10,13H,9,11-12H2,(H,18,21). The monoisotopic (exact) mass is 343 g/mol. The molecule has 1 N–H and O–H groups in total. The molecule has 0 saturated carbocycles. The third kappa shape index (κ3) is 3.62. The molecule has 2 heterocycles. The second-order valence-corrected chi connectivity index (χ2v) is 7.47. The summed E-state index contributed by atoms with van der Waals surface area (Å²) in [4.78, 5) is 12.2. The average molecular weight is 343 g/mol. The van der Waals surface area contributed by atoms with Crippen molar-refractivity contribution in [1.82, 2.24) is 14.9 Å². The van der Waals surface area contributed by atoms with Gasteiger partial charge in [-0.15, -0.1) is 0 Å². The lowest BCUT2D eigenvalue weighted by atomic mass is 10.2. The molecular weight excluding hydrogens is 326 g/mol. The van der Waals surface area contributed by atoms with E-state index in [0.717, 1.165) is 11.1 Å². The summed E-state index contributed by atoms with van der Waals surface area (Å²) >= 11 is 0. The van der Waals surface area contributed by atoms with E-state index < -0.39 is 9.84 Å². The predicted molar refractivity (Wildman–Crippen MR) is 90.2 cm³/mol. The van der Waals surface area contributed by atoms with E-state index in [0.29, 0.717) is 6.54 Å². The third-order valence-corrected chi connectivity index (χ3v) is 5.41. The molecule has 7 heteroatoms. The van der Waals surface area contributed by atoms with Crippen LogP contribution in [0.25, 0.3) is 5.52 Å². The number of rotatable bonds is 6. The van der Waals surface area contributed by atoms with Gasteiger partial charge < -0.3 is 5.32 Å². The summed E-state index contributed by atoms with van der Waals surface area (Å²) in [6.45, 7) is 0.317. The number of amides is 1. The maximum absolute atomic E-state index is 12.2. The summed E-state index contributed by atoms with van der Waals surface area (Å²) in [5, 5.41) is 6.94. The Morgan fingerprint density at radius 3 is 2.62 bits per heavy atom. The van der Waals surface area contributed by atoms with Crippen LogP contribution in [0.5, 0.6) is 0 Å². The van der Waals surface area contributed by atoms with Gasteiger partial charge in [-0.25, -0.2) is 12.9 Å². The first-order chi connectivity index (χ1) is 11.6. The molecule has 3 aromatic rings. The number of carbonyl (C=O) groups excluding carboxylic acids is 1. The number of fused-ring (bicyclic) bond motifs is 1. The number of sulfone groups is 1. The van der Waals surface area contributed by atoms with Crippen LogP contribution in [0.1, 0.15) is 12.0 Å². The van der Waals surface area contributed by atoms with Crippen LogP contribution in [0.15, 0.2) is 65.8 Å². The molecule has 3 rings (SSSR count). The second kappa shape index (κ2) is 6.84. The van der Waals surface area contributed by atoms with Gasteiger partial charge in [0, 0.05) is 24.7 Å². The predicted octanol–water partition coefficient (Wildman–Crippen LogP) is 1.81. The molecule has 0 radical (unpaired) electrons. The lowest BCUT2D eigenvalue weighted by Crippen LogP contribution is -2.25. The number of nitrogens with one attached hydrogen (secondary N) is 1. The van der Waals surface area contributed by atoms with Gasteiger partial charge in [0.15, 0.2) is 9.84 Å². The molecule has 124 valence electrons. The highest BCUT2D eigenvalue weighted by Gasteiger charge is 2.16.